The third-order valence-electron chi connectivity index (χ3n) is 16.1. The van der Waals surface area contributed by atoms with Crippen LogP contribution < -0.4 is 5.32 Å². The summed E-state index contributed by atoms with van der Waals surface area (Å²) in [5.41, 5.74) is 0. The summed E-state index contributed by atoms with van der Waals surface area (Å²) in [5, 5.41) is 23.2. The molecule has 0 aromatic heterocycles. The lowest BCUT2D eigenvalue weighted by Crippen LogP contribution is -2.45. The maximum Gasteiger partial charge on any atom is 0.305 e. The molecule has 2 unspecified atom stereocenters. The molecule has 78 heavy (non-hydrogen) atoms. The zero-order chi connectivity index (χ0) is 56.4. The minimum absolute atomic E-state index is 0.0103. The van der Waals surface area contributed by atoms with Gasteiger partial charge in [-0.2, -0.15) is 0 Å². The van der Waals surface area contributed by atoms with Gasteiger partial charge in [0.25, 0.3) is 0 Å². The van der Waals surface area contributed by atoms with E-state index in [0.717, 1.165) is 51.4 Å². The number of unbranched alkanes of at least 4 members (excludes halogenated alkanes) is 48. The summed E-state index contributed by atoms with van der Waals surface area (Å²) in [7, 11) is 0. The van der Waals surface area contributed by atoms with Crippen LogP contribution in [0.5, 0.6) is 0 Å². The van der Waals surface area contributed by atoms with Crippen LogP contribution in [0.25, 0.3) is 0 Å². The summed E-state index contributed by atoms with van der Waals surface area (Å²) in [6, 6.07) is -0.630. The van der Waals surface area contributed by atoms with Gasteiger partial charge in [-0.25, -0.2) is 0 Å². The average Bonchev–Trinajstić information content (AvgIpc) is 3.44. The molecule has 0 aliphatic rings. The number of esters is 1. The van der Waals surface area contributed by atoms with Crippen molar-refractivity contribution in [3.63, 3.8) is 0 Å². The van der Waals surface area contributed by atoms with Crippen molar-refractivity contribution >= 4 is 11.9 Å². The summed E-state index contributed by atoms with van der Waals surface area (Å²) in [5.74, 6) is -0.0578. The fraction of sp³-hybridized carbons (Fsp3) is 0.861. The summed E-state index contributed by atoms with van der Waals surface area (Å²) in [6.07, 6.45) is 87.5. The third kappa shape index (κ3) is 63.0. The highest BCUT2D eigenvalue weighted by atomic mass is 16.5. The molecule has 6 heteroatoms. The second kappa shape index (κ2) is 67.3. The molecule has 0 aromatic carbocycles. The fourth-order valence-corrected chi connectivity index (χ4v) is 10.7. The standard InChI is InChI=1S/C72H135NO5/c1-3-5-7-9-11-13-15-17-19-21-30-34-38-42-46-50-54-58-62-66-72(77)78-67-63-59-55-51-47-43-39-35-32-29-27-25-23-22-24-26-28-31-33-37-41-45-49-53-57-61-65-71(76)73-69(68-74)70(75)64-60-56-52-48-44-40-36-20-18-16-14-12-10-8-6-4-2/h11,13,17,19,22,24,60,64,69-70,74-75H,3-10,12,14-16,18,20-21,23,25-59,61-63,65-68H2,1-2H3,(H,73,76)/b13-11-,19-17-,24-22-,64-60+. The first-order valence-corrected chi connectivity index (χ1v) is 34.9. The summed E-state index contributed by atoms with van der Waals surface area (Å²) in [4.78, 5) is 24.6. The van der Waals surface area contributed by atoms with Crippen molar-refractivity contribution < 1.29 is 24.5 Å². The number of nitrogens with one attached hydrogen (secondary N) is 1. The van der Waals surface area contributed by atoms with Gasteiger partial charge in [0.1, 0.15) is 0 Å². The van der Waals surface area contributed by atoms with Gasteiger partial charge < -0.3 is 20.3 Å². The second-order valence-corrected chi connectivity index (χ2v) is 23.9. The molecule has 0 bridgehead atoms. The first-order valence-electron chi connectivity index (χ1n) is 34.9. The zero-order valence-corrected chi connectivity index (χ0v) is 52.4. The highest BCUT2D eigenvalue weighted by Gasteiger charge is 2.18. The summed E-state index contributed by atoms with van der Waals surface area (Å²) < 4.78 is 5.50. The molecule has 0 saturated carbocycles. The van der Waals surface area contributed by atoms with Crippen LogP contribution in [0.4, 0.5) is 0 Å². The Balaban J connectivity index is 3.40. The van der Waals surface area contributed by atoms with E-state index in [1.165, 1.54) is 295 Å². The lowest BCUT2D eigenvalue weighted by molar-refractivity contribution is -0.143. The van der Waals surface area contributed by atoms with Crippen molar-refractivity contribution in [3.8, 4) is 0 Å². The SMILES string of the molecule is CCCCC/C=C\C/C=C\CCCCCCCCCCCC(=O)OCCCCCCCCCCCCCC/C=C\CCCCCCCCCCCCC(=O)NC(CO)C(O)/C=C/CCCCCCCCCCCCCCCC. The van der Waals surface area contributed by atoms with Gasteiger partial charge in [-0.05, 0) is 89.9 Å². The first-order chi connectivity index (χ1) is 38.5. The molecular formula is C72H135NO5. The first kappa shape index (κ1) is 75.8. The number of carbonyl (C=O) groups excluding carboxylic acids is 2. The minimum Gasteiger partial charge on any atom is -0.466 e. The molecule has 6 nitrogen and oxygen atoms in total. The van der Waals surface area contributed by atoms with E-state index >= 15 is 0 Å². The van der Waals surface area contributed by atoms with Crippen LogP contribution in [0, 0.1) is 0 Å². The predicted molar refractivity (Wildman–Crippen MR) is 342 cm³/mol. The van der Waals surface area contributed by atoms with Crippen molar-refractivity contribution in [2.75, 3.05) is 13.2 Å². The van der Waals surface area contributed by atoms with E-state index in [-0.39, 0.29) is 18.5 Å². The molecule has 0 saturated heterocycles. The van der Waals surface area contributed by atoms with E-state index in [2.05, 4.69) is 55.6 Å². The molecular weight excluding hydrogens is 959 g/mol. The van der Waals surface area contributed by atoms with E-state index in [0.29, 0.717) is 19.4 Å². The van der Waals surface area contributed by atoms with E-state index in [9.17, 15) is 19.8 Å². The van der Waals surface area contributed by atoms with Crippen LogP contribution in [0.3, 0.4) is 0 Å². The van der Waals surface area contributed by atoms with Gasteiger partial charge in [0.05, 0.1) is 25.4 Å². The Morgan fingerprint density at radius 2 is 0.641 bits per heavy atom. The number of aliphatic hydroxyl groups excluding tert-OH is 2. The molecule has 458 valence electrons. The van der Waals surface area contributed by atoms with Crippen molar-refractivity contribution in [1.29, 1.82) is 0 Å². The Labute approximate surface area is 486 Å². The molecule has 0 spiro atoms. The van der Waals surface area contributed by atoms with Crippen LogP contribution in [0.2, 0.25) is 0 Å². The van der Waals surface area contributed by atoms with Gasteiger partial charge in [0.2, 0.25) is 5.91 Å². The molecule has 0 aromatic rings. The fourth-order valence-electron chi connectivity index (χ4n) is 10.7. The van der Waals surface area contributed by atoms with Crippen molar-refractivity contribution in [3.05, 3.63) is 48.6 Å². The Hall–Kier alpha value is -2.18. The highest BCUT2D eigenvalue weighted by Crippen LogP contribution is 2.18. The third-order valence-corrected chi connectivity index (χ3v) is 16.1. The maximum absolute atomic E-state index is 12.5. The summed E-state index contributed by atoms with van der Waals surface area (Å²) >= 11 is 0. The molecule has 1 amide bonds. The van der Waals surface area contributed by atoms with Gasteiger partial charge in [-0.1, -0.05) is 319 Å². The van der Waals surface area contributed by atoms with Gasteiger partial charge >= 0.3 is 5.97 Å². The van der Waals surface area contributed by atoms with Crippen LogP contribution in [0.15, 0.2) is 48.6 Å². The molecule has 0 heterocycles. The van der Waals surface area contributed by atoms with Crippen molar-refractivity contribution in [1.82, 2.24) is 5.32 Å². The number of rotatable bonds is 65. The van der Waals surface area contributed by atoms with Crippen molar-refractivity contribution in [2.45, 2.75) is 386 Å². The number of hydrogen-bond donors (Lipinski definition) is 3. The van der Waals surface area contributed by atoms with Crippen LogP contribution in [-0.2, 0) is 14.3 Å². The number of ether oxygens (including phenoxy) is 1. The van der Waals surface area contributed by atoms with E-state index in [1.807, 2.05) is 6.08 Å². The van der Waals surface area contributed by atoms with Gasteiger partial charge in [0, 0.05) is 12.8 Å². The number of allylic oxidation sites excluding steroid dienone is 7. The topological polar surface area (TPSA) is 95.9 Å². The highest BCUT2D eigenvalue weighted by molar-refractivity contribution is 5.76. The van der Waals surface area contributed by atoms with Gasteiger partial charge in [0.15, 0.2) is 0 Å². The summed E-state index contributed by atoms with van der Waals surface area (Å²) in [6.45, 7) is 4.90. The van der Waals surface area contributed by atoms with E-state index < -0.39 is 12.1 Å². The zero-order valence-electron chi connectivity index (χ0n) is 52.4. The van der Waals surface area contributed by atoms with E-state index in [4.69, 9.17) is 4.74 Å². The number of aliphatic hydroxyl groups is 2. The lowest BCUT2D eigenvalue weighted by atomic mass is 10.0. The number of hydrogen-bond acceptors (Lipinski definition) is 5. The average molecular weight is 1090 g/mol. The Kier molecular flexibility index (Phi) is 65.4. The van der Waals surface area contributed by atoms with Crippen LogP contribution in [0.1, 0.15) is 373 Å². The molecule has 0 radical (unpaired) electrons. The van der Waals surface area contributed by atoms with Crippen LogP contribution >= 0.6 is 0 Å². The minimum atomic E-state index is -0.846. The van der Waals surface area contributed by atoms with Crippen molar-refractivity contribution in [2.24, 2.45) is 0 Å². The lowest BCUT2D eigenvalue weighted by Gasteiger charge is -2.20. The Bertz CT molecular complexity index is 1310. The molecule has 0 aliphatic carbocycles. The Morgan fingerprint density at radius 1 is 0.359 bits per heavy atom. The molecule has 0 rings (SSSR count). The molecule has 0 aliphatic heterocycles. The quantitative estimate of drug-likeness (QED) is 0.0320. The maximum atomic E-state index is 12.5. The molecule has 2 atom stereocenters. The largest absolute Gasteiger partial charge is 0.466 e. The normalized spacial score (nSPS) is 12.8. The second-order valence-electron chi connectivity index (χ2n) is 23.9. The predicted octanol–water partition coefficient (Wildman–Crippen LogP) is 22.5. The van der Waals surface area contributed by atoms with Gasteiger partial charge in [-0.15, -0.1) is 0 Å². The monoisotopic (exact) mass is 1090 g/mol. The molecule has 0 fully saturated rings. The number of carbonyl (C=O) groups is 2. The smallest absolute Gasteiger partial charge is 0.305 e. The van der Waals surface area contributed by atoms with Crippen LogP contribution in [-0.4, -0.2) is 47.4 Å². The van der Waals surface area contributed by atoms with E-state index in [1.54, 1.807) is 6.08 Å². The van der Waals surface area contributed by atoms with Gasteiger partial charge in [-0.3, -0.25) is 9.59 Å². The molecule has 3 N–H and O–H groups in total. The Morgan fingerprint density at radius 3 is 1.01 bits per heavy atom. The number of amides is 1.